The Labute approximate surface area is 125 Å². The lowest BCUT2D eigenvalue weighted by atomic mass is 10.2. The Morgan fingerprint density at radius 2 is 2.10 bits per heavy atom. The minimum atomic E-state index is -0.638. The van der Waals surface area contributed by atoms with Crippen molar-refractivity contribution in [1.82, 2.24) is 10.3 Å². The fourth-order valence-corrected chi connectivity index (χ4v) is 2.23. The second-order valence-corrected chi connectivity index (χ2v) is 5.56. The highest BCUT2D eigenvalue weighted by molar-refractivity contribution is 7.16. The van der Waals surface area contributed by atoms with E-state index in [1.165, 1.54) is 11.3 Å². The van der Waals surface area contributed by atoms with E-state index < -0.39 is 24.4 Å². The van der Waals surface area contributed by atoms with Crippen molar-refractivity contribution in [3.05, 3.63) is 29.3 Å². The van der Waals surface area contributed by atoms with Gasteiger partial charge in [-0.15, -0.1) is 11.3 Å². The molecule has 0 saturated heterocycles. The third-order valence-corrected chi connectivity index (χ3v) is 3.48. The molecule has 110 valence electrons. The van der Waals surface area contributed by atoms with Crippen LogP contribution in [0.3, 0.4) is 0 Å². The molecular weight excluding hydrogens is 292 g/mol. The zero-order chi connectivity index (χ0) is 15.4. The number of amides is 2. The molecule has 1 aromatic carbocycles. The SMILES string of the molecule is CC(C)C(=O)NC(=O)COC(=O)c1ccc2ncsc2c1. The average molecular weight is 306 g/mol. The van der Waals surface area contributed by atoms with Crippen molar-refractivity contribution in [2.45, 2.75) is 13.8 Å². The third kappa shape index (κ3) is 3.85. The minimum absolute atomic E-state index is 0.307. The van der Waals surface area contributed by atoms with Crippen molar-refractivity contribution >= 4 is 39.3 Å². The number of ether oxygens (including phenoxy) is 1. The molecule has 1 aromatic heterocycles. The Balaban J connectivity index is 1.92. The number of benzene rings is 1. The molecule has 0 radical (unpaired) electrons. The van der Waals surface area contributed by atoms with E-state index in [-0.39, 0.29) is 5.92 Å². The molecule has 2 amide bonds. The highest BCUT2D eigenvalue weighted by Crippen LogP contribution is 2.19. The molecule has 0 fully saturated rings. The summed E-state index contributed by atoms with van der Waals surface area (Å²) in [4.78, 5) is 38.7. The Morgan fingerprint density at radius 1 is 1.33 bits per heavy atom. The Hall–Kier alpha value is -2.28. The first-order valence-corrected chi connectivity index (χ1v) is 7.19. The van der Waals surface area contributed by atoms with Gasteiger partial charge in [0.2, 0.25) is 5.91 Å². The van der Waals surface area contributed by atoms with Crippen LogP contribution in [0.25, 0.3) is 10.2 Å². The second kappa shape index (κ2) is 6.45. The van der Waals surface area contributed by atoms with Crippen molar-refractivity contribution in [2.24, 2.45) is 5.92 Å². The van der Waals surface area contributed by atoms with Gasteiger partial charge in [-0.05, 0) is 18.2 Å². The fourth-order valence-electron chi connectivity index (χ4n) is 1.51. The number of carbonyl (C=O) groups is 3. The van der Waals surface area contributed by atoms with Crippen LogP contribution < -0.4 is 5.32 Å². The van der Waals surface area contributed by atoms with E-state index in [1.54, 1.807) is 37.6 Å². The van der Waals surface area contributed by atoms with Crippen LogP contribution in [0.15, 0.2) is 23.7 Å². The van der Waals surface area contributed by atoms with Gasteiger partial charge >= 0.3 is 5.97 Å². The molecule has 2 rings (SSSR count). The molecule has 6 nitrogen and oxygen atoms in total. The smallest absolute Gasteiger partial charge is 0.338 e. The molecule has 0 aliphatic carbocycles. The van der Waals surface area contributed by atoms with E-state index >= 15 is 0 Å². The first kappa shape index (κ1) is 15.1. The van der Waals surface area contributed by atoms with Crippen molar-refractivity contribution < 1.29 is 19.1 Å². The molecule has 0 atom stereocenters. The summed E-state index contributed by atoms with van der Waals surface area (Å²) in [5.41, 5.74) is 2.83. The molecule has 1 heterocycles. The molecule has 0 aliphatic rings. The van der Waals surface area contributed by atoms with Gasteiger partial charge in [-0.25, -0.2) is 9.78 Å². The van der Waals surface area contributed by atoms with Gasteiger partial charge in [-0.2, -0.15) is 0 Å². The van der Waals surface area contributed by atoms with E-state index in [0.717, 1.165) is 10.2 Å². The summed E-state index contributed by atoms with van der Waals surface area (Å²) >= 11 is 1.41. The van der Waals surface area contributed by atoms with Crippen molar-refractivity contribution in [2.75, 3.05) is 6.61 Å². The molecule has 2 aromatic rings. The number of thiazole rings is 1. The number of hydrogen-bond donors (Lipinski definition) is 1. The van der Waals surface area contributed by atoms with Gasteiger partial charge in [0.25, 0.3) is 5.91 Å². The van der Waals surface area contributed by atoms with Crippen LogP contribution in [0.4, 0.5) is 0 Å². The zero-order valence-electron chi connectivity index (χ0n) is 11.6. The van der Waals surface area contributed by atoms with E-state index in [4.69, 9.17) is 4.74 Å². The lowest BCUT2D eigenvalue weighted by molar-refractivity contribution is -0.133. The summed E-state index contributed by atoms with van der Waals surface area (Å²) in [5, 5.41) is 2.15. The van der Waals surface area contributed by atoms with Gasteiger partial charge in [0.05, 0.1) is 21.3 Å². The summed E-state index contributed by atoms with van der Waals surface area (Å²) in [6.07, 6.45) is 0. The Morgan fingerprint density at radius 3 is 2.81 bits per heavy atom. The summed E-state index contributed by atoms with van der Waals surface area (Å²) in [6, 6.07) is 4.96. The maximum atomic E-state index is 11.8. The number of nitrogens with zero attached hydrogens (tertiary/aromatic N) is 1. The van der Waals surface area contributed by atoms with E-state index in [9.17, 15) is 14.4 Å². The molecule has 0 aliphatic heterocycles. The predicted molar refractivity (Wildman–Crippen MR) is 77.9 cm³/mol. The normalized spacial score (nSPS) is 10.6. The number of fused-ring (bicyclic) bond motifs is 1. The van der Waals surface area contributed by atoms with Crippen molar-refractivity contribution in [1.29, 1.82) is 0 Å². The largest absolute Gasteiger partial charge is 0.452 e. The molecule has 0 spiro atoms. The maximum absolute atomic E-state index is 11.8. The van der Waals surface area contributed by atoms with Crippen LogP contribution in [0, 0.1) is 5.92 Å². The van der Waals surface area contributed by atoms with Crippen LogP contribution in [0.5, 0.6) is 0 Å². The lowest BCUT2D eigenvalue weighted by Gasteiger charge is -2.07. The van der Waals surface area contributed by atoms with Crippen LogP contribution >= 0.6 is 11.3 Å². The van der Waals surface area contributed by atoms with Gasteiger partial charge in [-0.1, -0.05) is 13.8 Å². The fraction of sp³-hybridized carbons (Fsp3) is 0.286. The van der Waals surface area contributed by atoms with E-state index in [2.05, 4.69) is 10.3 Å². The van der Waals surface area contributed by atoms with E-state index in [0.29, 0.717) is 5.56 Å². The number of nitrogens with one attached hydrogen (secondary N) is 1. The first-order chi connectivity index (χ1) is 9.97. The van der Waals surface area contributed by atoms with Crippen LogP contribution in [0.1, 0.15) is 24.2 Å². The highest BCUT2D eigenvalue weighted by Gasteiger charge is 2.14. The number of rotatable bonds is 4. The number of imide groups is 1. The molecule has 1 N–H and O–H groups in total. The minimum Gasteiger partial charge on any atom is -0.452 e. The van der Waals surface area contributed by atoms with Crippen LogP contribution in [-0.4, -0.2) is 29.4 Å². The summed E-state index contributed by atoms with van der Waals surface area (Å²) < 4.78 is 5.74. The Bertz CT molecular complexity index is 693. The van der Waals surface area contributed by atoms with Crippen LogP contribution in [0.2, 0.25) is 0 Å². The third-order valence-electron chi connectivity index (χ3n) is 2.69. The molecule has 0 saturated carbocycles. The molecule has 0 bridgehead atoms. The topological polar surface area (TPSA) is 85.4 Å². The van der Waals surface area contributed by atoms with E-state index in [1.807, 2.05) is 0 Å². The summed E-state index contributed by atoms with van der Waals surface area (Å²) in [5.74, 6) is -1.96. The zero-order valence-corrected chi connectivity index (χ0v) is 12.4. The van der Waals surface area contributed by atoms with Crippen LogP contribution in [-0.2, 0) is 14.3 Å². The van der Waals surface area contributed by atoms with Gasteiger partial charge in [0.1, 0.15) is 0 Å². The standard InChI is InChI=1S/C14H14N2O4S/c1-8(2)13(18)16-12(17)6-20-14(19)9-3-4-10-11(5-9)21-7-15-10/h3-5,7-8H,6H2,1-2H3,(H,16,17,18). The van der Waals surface area contributed by atoms with Gasteiger partial charge in [0.15, 0.2) is 6.61 Å². The second-order valence-electron chi connectivity index (χ2n) is 4.68. The summed E-state index contributed by atoms with van der Waals surface area (Å²) in [7, 11) is 0. The monoisotopic (exact) mass is 306 g/mol. The predicted octanol–water partition coefficient (Wildman–Crippen LogP) is 1.75. The number of aromatic nitrogens is 1. The maximum Gasteiger partial charge on any atom is 0.338 e. The summed E-state index contributed by atoms with van der Waals surface area (Å²) in [6.45, 7) is 2.84. The molecular formula is C14H14N2O4S. The van der Waals surface area contributed by atoms with Gasteiger partial charge in [-0.3, -0.25) is 14.9 Å². The number of esters is 1. The Kier molecular flexibility index (Phi) is 4.64. The molecule has 0 unspecified atom stereocenters. The number of carbonyl (C=O) groups excluding carboxylic acids is 3. The first-order valence-electron chi connectivity index (χ1n) is 6.31. The molecule has 21 heavy (non-hydrogen) atoms. The average Bonchev–Trinajstić information content (AvgIpc) is 2.91. The molecule has 7 heteroatoms. The highest BCUT2D eigenvalue weighted by atomic mass is 32.1. The van der Waals surface area contributed by atoms with Gasteiger partial charge < -0.3 is 4.74 Å². The van der Waals surface area contributed by atoms with Crippen molar-refractivity contribution in [3.63, 3.8) is 0 Å². The number of hydrogen-bond acceptors (Lipinski definition) is 6. The van der Waals surface area contributed by atoms with Crippen molar-refractivity contribution in [3.8, 4) is 0 Å². The van der Waals surface area contributed by atoms with Gasteiger partial charge in [0, 0.05) is 5.92 Å². The quantitative estimate of drug-likeness (QED) is 0.870. The lowest BCUT2D eigenvalue weighted by Crippen LogP contribution is -2.36.